The molecule has 3 nitrogen and oxygen atoms in total. The van der Waals surface area contributed by atoms with Crippen LogP contribution >= 0.6 is 11.3 Å². The van der Waals surface area contributed by atoms with Crippen LogP contribution in [0.4, 0.5) is 0 Å². The lowest BCUT2D eigenvalue weighted by Crippen LogP contribution is -2.43. The van der Waals surface area contributed by atoms with Crippen molar-refractivity contribution >= 4 is 22.3 Å². The predicted molar refractivity (Wildman–Crippen MR) is 77.0 cm³/mol. The molecule has 1 saturated carbocycles. The Morgan fingerprint density at radius 2 is 2.11 bits per heavy atom. The number of furan rings is 1. The number of hydrogen-bond acceptors (Lipinski definition) is 4. The quantitative estimate of drug-likeness (QED) is 0.768. The number of nitrogens with zero attached hydrogens (tertiary/aromatic N) is 1. The Hall–Kier alpha value is -1.65. The van der Waals surface area contributed by atoms with E-state index in [0.29, 0.717) is 0 Å². The minimum Gasteiger partial charge on any atom is -0.454 e. The molecule has 1 fully saturated rings. The number of thiazole rings is 1. The molecule has 0 radical (unpaired) electrons. The molecule has 0 atom stereocenters. The molecular weight excluding hydrogens is 256 g/mol. The number of para-hydroxylation sites is 1. The van der Waals surface area contributed by atoms with Gasteiger partial charge >= 0.3 is 0 Å². The van der Waals surface area contributed by atoms with E-state index in [-0.39, 0.29) is 5.54 Å². The number of hydrogen-bond donors (Lipinski definition) is 1. The number of benzene rings is 1. The van der Waals surface area contributed by atoms with Gasteiger partial charge in [0.25, 0.3) is 0 Å². The molecule has 0 unspecified atom stereocenters. The molecule has 0 aliphatic heterocycles. The molecule has 0 spiro atoms. The first-order valence-electron chi connectivity index (χ1n) is 6.48. The van der Waals surface area contributed by atoms with E-state index >= 15 is 0 Å². The van der Waals surface area contributed by atoms with Gasteiger partial charge in [-0.1, -0.05) is 18.2 Å². The van der Waals surface area contributed by atoms with Crippen LogP contribution in [0.1, 0.15) is 24.3 Å². The van der Waals surface area contributed by atoms with E-state index in [9.17, 15) is 0 Å². The van der Waals surface area contributed by atoms with Crippen LogP contribution in [-0.2, 0) is 5.54 Å². The lowest BCUT2D eigenvalue weighted by molar-refractivity contribution is 0.253. The zero-order valence-electron chi connectivity index (χ0n) is 10.4. The summed E-state index contributed by atoms with van der Waals surface area (Å²) in [4.78, 5) is 4.67. The summed E-state index contributed by atoms with van der Waals surface area (Å²) in [5.41, 5.74) is 7.92. The van der Waals surface area contributed by atoms with Crippen molar-refractivity contribution < 1.29 is 4.42 Å². The molecule has 96 valence electrons. The van der Waals surface area contributed by atoms with Crippen LogP contribution < -0.4 is 5.73 Å². The van der Waals surface area contributed by atoms with Crippen molar-refractivity contribution in [3.05, 3.63) is 40.7 Å². The van der Waals surface area contributed by atoms with E-state index < -0.39 is 0 Å². The summed E-state index contributed by atoms with van der Waals surface area (Å²) in [5, 5.41) is 4.19. The van der Waals surface area contributed by atoms with Crippen LogP contribution in [0.5, 0.6) is 0 Å². The van der Waals surface area contributed by atoms with E-state index in [1.807, 2.05) is 35.7 Å². The van der Waals surface area contributed by atoms with Gasteiger partial charge in [0.1, 0.15) is 16.3 Å². The molecule has 19 heavy (non-hydrogen) atoms. The van der Waals surface area contributed by atoms with Crippen LogP contribution in [-0.4, -0.2) is 4.98 Å². The van der Waals surface area contributed by atoms with Gasteiger partial charge in [-0.15, -0.1) is 11.3 Å². The molecule has 2 aromatic heterocycles. The average Bonchev–Trinajstić information content (AvgIpc) is 3.02. The van der Waals surface area contributed by atoms with Crippen LogP contribution in [0, 0.1) is 0 Å². The normalized spacial score (nSPS) is 17.5. The molecule has 3 aromatic rings. The van der Waals surface area contributed by atoms with Gasteiger partial charge in [0, 0.05) is 10.8 Å². The predicted octanol–water partition coefficient (Wildman–Crippen LogP) is 3.89. The summed E-state index contributed by atoms with van der Waals surface area (Å²) in [7, 11) is 0. The zero-order valence-corrected chi connectivity index (χ0v) is 11.2. The second kappa shape index (κ2) is 3.92. The Labute approximate surface area is 115 Å². The van der Waals surface area contributed by atoms with Crippen LogP contribution in [0.15, 0.2) is 40.1 Å². The lowest BCUT2D eigenvalue weighted by atomic mass is 9.78. The average molecular weight is 270 g/mol. The summed E-state index contributed by atoms with van der Waals surface area (Å²) in [6.45, 7) is 0. The molecule has 2 heterocycles. The monoisotopic (exact) mass is 270 g/mol. The third-order valence-corrected chi connectivity index (χ3v) is 4.92. The summed E-state index contributed by atoms with van der Waals surface area (Å²) >= 11 is 1.64. The minimum absolute atomic E-state index is 0.186. The van der Waals surface area contributed by atoms with E-state index in [4.69, 9.17) is 10.2 Å². The number of fused-ring (bicyclic) bond motifs is 1. The summed E-state index contributed by atoms with van der Waals surface area (Å²) < 4.78 is 5.84. The third-order valence-electron chi connectivity index (χ3n) is 3.85. The maximum absolute atomic E-state index is 6.31. The van der Waals surface area contributed by atoms with Gasteiger partial charge < -0.3 is 10.2 Å². The molecule has 1 aliphatic rings. The van der Waals surface area contributed by atoms with Crippen molar-refractivity contribution in [3.63, 3.8) is 0 Å². The van der Waals surface area contributed by atoms with Gasteiger partial charge in [-0.2, -0.15) is 0 Å². The van der Waals surface area contributed by atoms with Crippen molar-refractivity contribution in [2.24, 2.45) is 5.73 Å². The second-order valence-corrected chi connectivity index (χ2v) is 6.05. The van der Waals surface area contributed by atoms with Gasteiger partial charge in [-0.25, -0.2) is 4.98 Å². The smallest absolute Gasteiger partial charge is 0.154 e. The molecule has 0 amide bonds. The largest absolute Gasteiger partial charge is 0.454 e. The molecule has 4 heteroatoms. The van der Waals surface area contributed by atoms with Crippen molar-refractivity contribution in [3.8, 4) is 11.5 Å². The summed E-state index contributed by atoms with van der Waals surface area (Å²) in [6.07, 6.45) is 3.29. The van der Waals surface area contributed by atoms with Crippen molar-refractivity contribution in [1.82, 2.24) is 4.98 Å². The fraction of sp³-hybridized carbons (Fsp3) is 0.267. The number of rotatable bonds is 2. The first kappa shape index (κ1) is 11.2. The van der Waals surface area contributed by atoms with Crippen LogP contribution in [0.25, 0.3) is 22.4 Å². The fourth-order valence-electron chi connectivity index (χ4n) is 2.50. The van der Waals surface area contributed by atoms with Crippen molar-refractivity contribution in [2.75, 3.05) is 0 Å². The fourth-order valence-corrected chi connectivity index (χ4v) is 3.48. The SMILES string of the molecule is NC1(c2nc(-c3cc4ccccc4o3)cs2)CCC1. The Balaban J connectivity index is 1.75. The molecule has 1 aromatic carbocycles. The highest BCUT2D eigenvalue weighted by molar-refractivity contribution is 7.10. The maximum atomic E-state index is 6.31. The van der Waals surface area contributed by atoms with Gasteiger partial charge in [0.15, 0.2) is 5.76 Å². The first-order valence-corrected chi connectivity index (χ1v) is 7.36. The van der Waals surface area contributed by atoms with Crippen LogP contribution in [0.3, 0.4) is 0 Å². The first-order chi connectivity index (χ1) is 9.24. The zero-order chi connectivity index (χ0) is 12.9. The van der Waals surface area contributed by atoms with Gasteiger partial charge in [0.05, 0.1) is 5.54 Å². The van der Waals surface area contributed by atoms with Gasteiger partial charge in [-0.3, -0.25) is 0 Å². The van der Waals surface area contributed by atoms with E-state index in [0.717, 1.165) is 40.3 Å². The van der Waals surface area contributed by atoms with Gasteiger partial charge in [-0.05, 0) is 31.4 Å². The standard InChI is InChI=1S/C15H14N2OS/c16-15(6-3-7-15)14-17-11(9-19-14)13-8-10-4-1-2-5-12(10)18-13/h1-2,4-5,8-9H,3,6-7,16H2. The highest BCUT2D eigenvalue weighted by atomic mass is 32.1. The molecule has 0 saturated heterocycles. The highest BCUT2D eigenvalue weighted by Gasteiger charge is 2.37. The molecule has 1 aliphatic carbocycles. The minimum atomic E-state index is -0.186. The summed E-state index contributed by atoms with van der Waals surface area (Å²) in [5.74, 6) is 0.826. The molecule has 2 N–H and O–H groups in total. The van der Waals surface area contributed by atoms with Crippen LogP contribution in [0.2, 0.25) is 0 Å². The number of aromatic nitrogens is 1. The molecule has 0 bridgehead atoms. The maximum Gasteiger partial charge on any atom is 0.154 e. The van der Waals surface area contributed by atoms with E-state index in [2.05, 4.69) is 4.98 Å². The summed E-state index contributed by atoms with van der Waals surface area (Å²) in [6, 6.07) is 10.1. The molecule has 4 rings (SSSR count). The van der Waals surface area contributed by atoms with E-state index in [1.54, 1.807) is 11.3 Å². The van der Waals surface area contributed by atoms with Gasteiger partial charge in [0.2, 0.25) is 0 Å². The second-order valence-electron chi connectivity index (χ2n) is 5.20. The topological polar surface area (TPSA) is 52.0 Å². The van der Waals surface area contributed by atoms with Crippen molar-refractivity contribution in [2.45, 2.75) is 24.8 Å². The Morgan fingerprint density at radius 1 is 1.26 bits per heavy atom. The highest BCUT2D eigenvalue weighted by Crippen LogP contribution is 2.41. The Bertz CT molecular complexity index is 706. The van der Waals surface area contributed by atoms with E-state index in [1.165, 1.54) is 6.42 Å². The Kier molecular flexibility index (Phi) is 2.31. The Morgan fingerprint density at radius 3 is 2.84 bits per heavy atom. The molecular formula is C15H14N2OS. The van der Waals surface area contributed by atoms with Crippen molar-refractivity contribution in [1.29, 1.82) is 0 Å². The lowest BCUT2D eigenvalue weighted by Gasteiger charge is -2.35. The number of nitrogens with two attached hydrogens (primary N) is 1. The third kappa shape index (κ3) is 1.71.